The lowest BCUT2D eigenvalue weighted by molar-refractivity contribution is 0.00578. The first-order valence-corrected chi connectivity index (χ1v) is 10.8. The molecule has 0 atom stereocenters. The number of hydrogen-bond donors (Lipinski definition) is 2. The Labute approximate surface area is 196 Å². The molecule has 2 aromatic carbocycles. The number of benzene rings is 2. The number of nitrogens with one attached hydrogen (secondary N) is 1. The van der Waals surface area contributed by atoms with Crippen molar-refractivity contribution in [3.05, 3.63) is 47.5 Å². The summed E-state index contributed by atoms with van der Waals surface area (Å²) >= 11 is 4.45. The fourth-order valence-electron chi connectivity index (χ4n) is 3.80. The van der Waals surface area contributed by atoms with E-state index in [-0.39, 0.29) is 16.9 Å². The van der Waals surface area contributed by atoms with Gasteiger partial charge in [0.25, 0.3) is 5.91 Å². The topological polar surface area (TPSA) is 63.9 Å². The molecule has 0 spiro atoms. The van der Waals surface area contributed by atoms with E-state index in [1.165, 1.54) is 13.1 Å². The SMILES string of the molecule is CNC(=O)c1c(-c2ccc(F)cc2F)oc2cc(N(C)S)c(B3OC(C)(C)C(C)(C)O3)cc12. The van der Waals surface area contributed by atoms with Gasteiger partial charge in [-0.05, 0) is 45.9 Å². The maximum Gasteiger partial charge on any atom is 0.497 e. The molecule has 0 aliphatic carbocycles. The number of nitrogens with zero attached hydrogens (tertiary/aromatic N) is 1. The number of anilines is 1. The average molecular weight is 474 g/mol. The predicted molar refractivity (Wildman–Crippen MR) is 128 cm³/mol. The molecule has 10 heteroatoms. The number of thiol groups is 1. The zero-order chi connectivity index (χ0) is 24.3. The van der Waals surface area contributed by atoms with Gasteiger partial charge in [-0.25, -0.2) is 8.78 Å². The van der Waals surface area contributed by atoms with Crippen molar-refractivity contribution in [3.8, 4) is 11.3 Å². The summed E-state index contributed by atoms with van der Waals surface area (Å²) in [7, 11) is 2.47. The molecule has 2 heterocycles. The molecule has 1 aliphatic rings. The molecule has 1 aliphatic heterocycles. The number of fused-ring (bicyclic) bond motifs is 1. The van der Waals surface area contributed by atoms with Gasteiger partial charge >= 0.3 is 7.12 Å². The monoisotopic (exact) mass is 474 g/mol. The third-order valence-corrected chi connectivity index (χ3v) is 6.54. The van der Waals surface area contributed by atoms with Crippen LogP contribution in [0.1, 0.15) is 38.1 Å². The Hall–Kier alpha value is -2.56. The second-order valence-corrected chi connectivity index (χ2v) is 9.63. The largest absolute Gasteiger partial charge is 0.497 e. The van der Waals surface area contributed by atoms with Crippen molar-refractivity contribution >= 4 is 48.0 Å². The van der Waals surface area contributed by atoms with Crippen LogP contribution in [0.3, 0.4) is 0 Å². The summed E-state index contributed by atoms with van der Waals surface area (Å²) < 4.78 is 48.1. The first-order valence-electron chi connectivity index (χ1n) is 10.4. The van der Waals surface area contributed by atoms with Crippen LogP contribution in [-0.2, 0) is 9.31 Å². The molecule has 3 aromatic rings. The highest BCUT2D eigenvalue weighted by atomic mass is 32.1. The molecule has 6 nitrogen and oxygen atoms in total. The van der Waals surface area contributed by atoms with Crippen LogP contribution in [0.4, 0.5) is 14.5 Å². The molecule has 1 N–H and O–H groups in total. The van der Waals surface area contributed by atoms with Gasteiger partial charge in [0.1, 0.15) is 17.2 Å². The molecule has 0 saturated carbocycles. The van der Waals surface area contributed by atoms with Crippen LogP contribution in [0.15, 0.2) is 34.7 Å². The smallest absolute Gasteiger partial charge is 0.455 e. The van der Waals surface area contributed by atoms with E-state index in [0.717, 1.165) is 12.1 Å². The summed E-state index contributed by atoms with van der Waals surface area (Å²) in [6.07, 6.45) is 0. The van der Waals surface area contributed by atoms with Gasteiger partial charge in [0.05, 0.1) is 22.3 Å². The summed E-state index contributed by atoms with van der Waals surface area (Å²) in [6.45, 7) is 7.77. The molecule has 174 valence electrons. The van der Waals surface area contributed by atoms with Crippen molar-refractivity contribution in [2.75, 3.05) is 18.4 Å². The van der Waals surface area contributed by atoms with E-state index in [1.54, 1.807) is 23.5 Å². The Morgan fingerprint density at radius 3 is 2.27 bits per heavy atom. The Morgan fingerprint density at radius 1 is 1.09 bits per heavy atom. The van der Waals surface area contributed by atoms with Crippen LogP contribution in [0, 0.1) is 11.6 Å². The minimum absolute atomic E-state index is 0.000635. The van der Waals surface area contributed by atoms with Crippen LogP contribution in [-0.4, -0.2) is 38.3 Å². The zero-order valence-electron chi connectivity index (χ0n) is 19.2. The maximum atomic E-state index is 14.6. The Kier molecular flexibility index (Phi) is 5.75. The van der Waals surface area contributed by atoms with Gasteiger partial charge in [0.15, 0.2) is 5.76 Å². The zero-order valence-corrected chi connectivity index (χ0v) is 20.1. The molecule has 0 radical (unpaired) electrons. The number of carbonyl (C=O) groups is 1. The third kappa shape index (κ3) is 3.90. The van der Waals surface area contributed by atoms with Crippen molar-refractivity contribution in [2.45, 2.75) is 38.9 Å². The molecular weight excluding hydrogens is 449 g/mol. The lowest BCUT2D eigenvalue weighted by Crippen LogP contribution is -2.41. The molecule has 1 amide bonds. The molecule has 0 unspecified atom stereocenters. The molecule has 1 saturated heterocycles. The van der Waals surface area contributed by atoms with Gasteiger partial charge in [-0.15, -0.1) is 0 Å². The minimum atomic E-state index is -0.836. The molecule has 1 aromatic heterocycles. The second-order valence-electron chi connectivity index (χ2n) is 9.03. The molecular formula is C23H25BF2N2O4S. The van der Waals surface area contributed by atoms with Crippen molar-refractivity contribution in [2.24, 2.45) is 0 Å². The van der Waals surface area contributed by atoms with Crippen molar-refractivity contribution in [3.63, 3.8) is 0 Å². The Bertz CT molecular complexity index is 1240. The van der Waals surface area contributed by atoms with Crippen molar-refractivity contribution in [1.82, 2.24) is 5.32 Å². The lowest BCUT2D eigenvalue weighted by Gasteiger charge is -2.32. The van der Waals surface area contributed by atoms with Crippen LogP contribution in [0.2, 0.25) is 0 Å². The van der Waals surface area contributed by atoms with Crippen molar-refractivity contribution < 1.29 is 27.3 Å². The first kappa shape index (κ1) is 23.6. The van der Waals surface area contributed by atoms with Crippen LogP contribution >= 0.6 is 12.8 Å². The third-order valence-electron chi connectivity index (χ3n) is 6.32. The number of hydrogen-bond acceptors (Lipinski definition) is 6. The number of furan rings is 1. The summed E-state index contributed by atoms with van der Waals surface area (Å²) in [5, 5.41) is 3.01. The summed E-state index contributed by atoms with van der Waals surface area (Å²) in [5.41, 5.74) is 0.545. The number of halogens is 2. The number of amides is 1. The van der Waals surface area contributed by atoms with E-state index in [1.807, 2.05) is 27.7 Å². The molecule has 4 rings (SSSR count). The fourth-order valence-corrected chi connectivity index (χ4v) is 3.97. The maximum absolute atomic E-state index is 14.6. The van der Waals surface area contributed by atoms with E-state index in [9.17, 15) is 13.6 Å². The van der Waals surface area contributed by atoms with E-state index in [4.69, 9.17) is 13.7 Å². The Morgan fingerprint density at radius 2 is 1.73 bits per heavy atom. The summed E-state index contributed by atoms with van der Waals surface area (Å²) in [5.74, 6) is -2.03. The van der Waals surface area contributed by atoms with Gasteiger partial charge in [0.2, 0.25) is 0 Å². The van der Waals surface area contributed by atoms with E-state index >= 15 is 0 Å². The Balaban J connectivity index is 1.98. The van der Waals surface area contributed by atoms with E-state index in [0.29, 0.717) is 22.1 Å². The fraction of sp³-hybridized carbons (Fsp3) is 0.348. The van der Waals surface area contributed by atoms with Crippen LogP contribution < -0.4 is 15.1 Å². The normalized spacial score (nSPS) is 16.9. The van der Waals surface area contributed by atoms with Crippen LogP contribution in [0.5, 0.6) is 0 Å². The summed E-state index contributed by atoms with van der Waals surface area (Å²) in [4.78, 5) is 12.9. The van der Waals surface area contributed by atoms with Crippen LogP contribution in [0.25, 0.3) is 22.3 Å². The lowest BCUT2D eigenvalue weighted by atomic mass is 9.77. The highest BCUT2D eigenvalue weighted by Gasteiger charge is 2.52. The highest BCUT2D eigenvalue weighted by Crippen LogP contribution is 2.40. The second kappa shape index (κ2) is 8.04. The van der Waals surface area contributed by atoms with Gasteiger partial charge in [-0.2, -0.15) is 0 Å². The number of carbonyl (C=O) groups excluding carboxylic acids is 1. The standard InChI is InChI=1S/C23H25BF2N2O4S/c1-22(2)23(3,4)32-24(31-22)15-10-14-18(11-17(15)28(6)33)30-20(19(14)21(29)27-5)13-8-7-12(25)9-16(13)26/h7-11,33H,1-6H3,(H,27,29). The quantitative estimate of drug-likeness (QED) is 0.436. The van der Waals surface area contributed by atoms with Gasteiger partial charge < -0.3 is 23.3 Å². The molecule has 1 fully saturated rings. The average Bonchev–Trinajstić information content (AvgIpc) is 3.19. The van der Waals surface area contributed by atoms with E-state index in [2.05, 4.69) is 18.1 Å². The molecule has 0 bridgehead atoms. The summed E-state index contributed by atoms with van der Waals surface area (Å²) in [6, 6.07) is 6.54. The number of rotatable bonds is 4. The van der Waals surface area contributed by atoms with Gasteiger partial charge in [-0.3, -0.25) is 4.79 Å². The molecule has 33 heavy (non-hydrogen) atoms. The minimum Gasteiger partial charge on any atom is -0.455 e. The van der Waals surface area contributed by atoms with Gasteiger partial charge in [0, 0.05) is 42.8 Å². The van der Waals surface area contributed by atoms with E-state index < -0.39 is 35.9 Å². The van der Waals surface area contributed by atoms with Crippen molar-refractivity contribution in [1.29, 1.82) is 0 Å². The highest BCUT2D eigenvalue weighted by molar-refractivity contribution is 7.81. The first-order chi connectivity index (χ1) is 15.4. The predicted octanol–water partition coefficient (Wildman–Crippen LogP) is 4.32. The van der Waals surface area contributed by atoms with Gasteiger partial charge in [-0.1, -0.05) is 12.8 Å².